The third kappa shape index (κ3) is 9.48. The van der Waals surface area contributed by atoms with Gasteiger partial charge in [-0.05, 0) is 49.4 Å². The van der Waals surface area contributed by atoms with Gasteiger partial charge in [0.25, 0.3) is 0 Å². The highest BCUT2D eigenvalue weighted by molar-refractivity contribution is 5.89. The summed E-state index contributed by atoms with van der Waals surface area (Å²) >= 11 is 0. The van der Waals surface area contributed by atoms with Crippen LogP contribution < -0.4 is 21.3 Å². The molecule has 2 fully saturated rings. The fraction of sp³-hybridized carbons (Fsp3) is 0.533. The van der Waals surface area contributed by atoms with Crippen LogP contribution in [-0.4, -0.2) is 71.2 Å². The van der Waals surface area contributed by atoms with Crippen molar-refractivity contribution in [2.45, 2.75) is 51.6 Å². The molecule has 1 spiro atoms. The number of aryl methyl sites for hydroxylation is 1. The molecule has 2 heterocycles. The molecule has 0 bridgehead atoms. The van der Waals surface area contributed by atoms with Gasteiger partial charge >= 0.3 is 12.1 Å². The summed E-state index contributed by atoms with van der Waals surface area (Å²) in [6.07, 6.45) is 3.19. The van der Waals surface area contributed by atoms with Gasteiger partial charge < -0.3 is 40.2 Å². The van der Waals surface area contributed by atoms with E-state index in [9.17, 15) is 9.59 Å². The first kappa shape index (κ1) is 29.8. The van der Waals surface area contributed by atoms with Gasteiger partial charge in [-0.1, -0.05) is 42.0 Å². The smallest absolute Gasteiger partial charge is 0.319 e. The molecule has 0 atom stereocenters. The van der Waals surface area contributed by atoms with E-state index in [-0.39, 0.29) is 30.1 Å². The molecule has 40 heavy (non-hydrogen) atoms. The molecule has 2 saturated heterocycles. The monoisotopic (exact) mass is 554 g/mol. The van der Waals surface area contributed by atoms with Gasteiger partial charge in [0.05, 0.1) is 31.8 Å². The zero-order valence-electron chi connectivity index (χ0n) is 23.5. The van der Waals surface area contributed by atoms with E-state index >= 15 is 0 Å². The van der Waals surface area contributed by atoms with Crippen molar-refractivity contribution < 1.29 is 28.5 Å². The molecular weight excluding hydrogens is 512 g/mol. The molecule has 0 aromatic heterocycles. The predicted molar refractivity (Wildman–Crippen MR) is 152 cm³/mol. The lowest BCUT2D eigenvalue weighted by Gasteiger charge is -2.43. The Kier molecular flexibility index (Phi) is 11.2. The lowest BCUT2D eigenvalue weighted by Crippen LogP contribution is -2.52. The van der Waals surface area contributed by atoms with Crippen molar-refractivity contribution >= 4 is 17.7 Å². The third-order valence-electron chi connectivity index (χ3n) is 7.07. The van der Waals surface area contributed by atoms with Crippen LogP contribution in [0.1, 0.15) is 42.4 Å². The van der Waals surface area contributed by atoms with E-state index in [1.165, 1.54) is 16.7 Å². The Morgan fingerprint density at radius 1 is 0.750 bits per heavy atom. The lowest BCUT2D eigenvalue weighted by molar-refractivity contribution is -0.304. The average molecular weight is 555 g/mol. The van der Waals surface area contributed by atoms with Gasteiger partial charge in [0.15, 0.2) is 12.6 Å². The Bertz CT molecular complexity index is 1060. The molecule has 0 radical (unpaired) electrons. The SMILES string of the molecule is CNC(=O)NCCCC1OCC2(CO1)COC(CCCNC(=O)Nc1ccc(Cc3ccc(C)cc3)cc1)OC2. The number of hydrogen-bond donors (Lipinski definition) is 4. The van der Waals surface area contributed by atoms with Gasteiger partial charge in [0.2, 0.25) is 0 Å². The van der Waals surface area contributed by atoms with E-state index in [4.69, 9.17) is 18.9 Å². The predicted octanol–water partition coefficient (Wildman–Crippen LogP) is 3.93. The molecule has 0 unspecified atom stereocenters. The number of benzene rings is 2. The minimum atomic E-state index is -0.301. The van der Waals surface area contributed by atoms with Crippen LogP contribution in [0.15, 0.2) is 48.5 Å². The number of hydrogen-bond acceptors (Lipinski definition) is 6. The molecule has 10 heteroatoms. The van der Waals surface area contributed by atoms with Crippen molar-refractivity contribution in [3.8, 4) is 0 Å². The second kappa shape index (κ2) is 15.0. The van der Waals surface area contributed by atoms with E-state index < -0.39 is 0 Å². The number of nitrogens with one attached hydrogen (secondary N) is 4. The van der Waals surface area contributed by atoms with Crippen LogP contribution in [0.3, 0.4) is 0 Å². The van der Waals surface area contributed by atoms with Crippen molar-refractivity contribution in [1.29, 1.82) is 0 Å². The van der Waals surface area contributed by atoms with Gasteiger partial charge in [-0.2, -0.15) is 0 Å². The zero-order chi connectivity index (χ0) is 28.2. The quantitative estimate of drug-likeness (QED) is 0.313. The molecule has 2 aromatic rings. The van der Waals surface area contributed by atoms with Crippen LogP contribution in [0.5, 0.6) is 0 Å². The number of carbonyl (C=O) groups excluding carboxylic acids is 2. The van der Waals surface area contributed by atoms with E-state index in [1.54, 1.807) is 7.05 Å². The van der Waals surface area contributed by atoms with Crippen LogP contribution in [0, 0.1) is 12.3 Å². The van der Waals surface area contributed by atoms with Gasteiger partial charge in [-0.3, -0.25) is 0 Å². The van der Waals surface area contributed by atoms with Crippen LogP contribution >= 0.6 is 0 Å². The second-order valence-corrected chi connectivity index (χ2v) is 10.6. The van der Waals surface area contributed by atoms with E-state index in [0.717, 1.165) is 24.9 Å². The summed E-state index contributed by atoms with van der Waals surface area (Å²) in [6, 6.07) is 16.0. The topological polar surface area (TPSA) is 119 Å². The minimum Gasteiger partial charge on any atom is -0.352 e. The van der Waals surface area contributed by atoms with Crippen molar-refractivity contribution in [2.75, 3.05) is 51.9 Å². The van der Waals surface area contributed by atoms with Gasteiger partial charge in [-0.15, -0.1) is 0 Å². The Hall–Kier alpha value is -3.18. The number of amides is 4. The summed E-state index contributed by atoms with van der Waals surface area (Å²) in [6.45, 7) is 5.23. The first-order chi connectivity index (χ1) is 19.4. The third-order valence-corrected chi connectivity index (χ3v) is 7.07. The number of anilines is 1. The summed E-state index contributed by atoms with van der Waals surface area (Å²) in [5, 5.41) is 11.1. The maximum absolute atomic E-state index is 12.3. The Morgan fingerprint density at radius 3 is 1.73 bits per heavy atom. The molecule has 4 N–H and O–H groups in total. The van der Waals surface area contributed by atoms with Crippen molar-refractivity contribution in [2.24, 2.45) is 5.41 Å². The van der Waals surface area contributed by atoms with Gasteiger partial charge in [-0.25, -0.2) is 9.59 Å². The summed E-state index contributed by atoms with van der Waals surface area (Å²) in [4.78, 5) is 23.5. The van der Waals surface area contributed by atoms with E-state index in [0.29, 0.717) is 52.4 Å². The highest BCUT2D eigenvalue weighted by Gasteiger charge is 2.41. The Morgan fingerprint density at radius 2 is 1.23 bits per heavy atom. The molecule has 4 amide bonds. The standard InChI is InChI=1S/C30H42N4O6/c1-22-7-9-23(10-8-22)17-24-11-13-25(14-12-24)34-29(36)33-16-4-6-27-39-20-30(21-40-27)18-37-26(38-19-30)5-3-15-32-28(35)31-2/h7-14,26-27H,3-6,15-21H2,1-2H3,(H2,31,32,35)(H2,33,34,36). The fourth-order valence-corrected chi connectivity index (χ4v) is 4.61. The molecular formula is C30H42N4O6. The first-order valence-corrected chi connectivity index (χ1v) is 14.0. The fourth-order valence-electron chi connectivity index (χ4n) is 4.61. The van der Waals surface area contributed by atoms with Gasteiger partial charge in [0.1, 0.15) is 0 Å². The largest absolute Gasteiger partial charge is 0.352 e. The molecule has 2 aliphatic heterocycles. The number of rotatable bonds is 11. The Balaban J connectivity index is 1.05. The minimum absolute atomic E-state index is 0.190. The average Bonchev–Trinajstić information content (AvgIpc) is 2.97. The van der Waals surface area contributed by atoms with Crippen molar-refractivity contribution in [1.82, 2.24) is 16.0 Å². The van der Waals surface area contributed by atoms with Crippen LogP contribution in [0.4, 0.5) is 15.3 Å². The molecule has 10 nitrogen and oxygen atoms in total. The highest BCUT2D eigenvalue weighted by Crippen LogP contribution is 2.31. The summed E-state index contributed by atoms with van der Waals surface area (Å²) in [5.74, 6) is 0. The van der Waals surface area contributed by atoms with Crippen LogP contribution in [0.2, 0.25) is 0 Å². The molecule has 2 aliphatic rings. The van der Waals surface area contributed by atoms with Gasteiger partial charge in [0, 0.05) is 38.7 Å². The highest BCUT2D eigenvalue weighted by atomic mass is 16.7. The van der Waals surface area contributed by atoms with Crippen LogP contribution in [-0.2, 0) is 25.4 Å². The number of carbonyl (C=O) groups is 2. The number of ether oxygens (including phenoxy) is 4. The van der Waals surface area contributed by atoms with Crippen molar-refractivity contribution in [3.05, 3.63) is 65.2 Å². The lowest BCUT2D eigenvalue weighted by atomic mass is 9.90. The molecule has 2 aromatic carbocycles. The normalized spacial score (nSPS) is 22.4. The first-order valence-electron chi connectivity index (χ1n) is 14.0. The van der Waals surface area contributed by atoms with E-state index in [2.05, 4.69) is 52.5 Å². The Labute approximate surface area is 236 Å². The summed E-state index contributed by atoms with van der Waals surface area (Å²) in [5.41, 5.74) is 4.18. The summed E-state index contributed by atoms with van der Waals surface area (Å²) < 4.78 is 23.7. The summed E-state index contributed by atoms with van der Waals surface area (Å²) in [7, 11) is 1.59. The zero-order valence-corrected chi connectivity index (χ0v) is 23.5. The second-order valence-electron chi connectivity index (χ2n) is 10.6. The molecule has 4 rings (SSSR count). The van der Waals surface area contributed by atoms with E-state index in [1.807, 2.05) is 24.3 Å². The van der Waals surface area contributed by atoms with Crippen LogP contribution in [0.25, 0.3) is 0 Å². The molecule has 0 aliphatic carbocycles. The molecule has 218 valence electrons. The maximum Gasteiger partial charge on any atom is 0.319 e. The maximum atomic E-state index is 12.3. The molecule has 0 saturated carbocycles. The van der Waals surface area contributed by atoms with Crippen molar-refractivity contribution in [3.63, 3.8) is 0 Å². The number of urea groups is 2.